The first-order valence-corrected chi connectivity index (χ1v) is 13.0. The Morgan fingerprint density at radius 3 is 2.61 bits per heavy atom. The number of rotatable bonds is 12. The lowest BCUT2D eigenvalue weighted by atomic mass is 9.86. The summed E-state index contributed by atoms with van der Waals surface area (Å²) in [6.45, 7) is 2.33. The number of ether oxygens (including phenoxy) is 1. The van der Waals surface area contributed by atoms with Crippen molar-refractivity contribution >= 4 is 21.7 Å². The maximum atomic E-state index is 14.1. The van der Waals surface area contributed by atoms with Gasteiger partial charge in [0, 0.05) is 12.3 Å². The van der Waals surface area contributed by atoms with Crippen LogP contribution in [-0.4, -0.2) is 38.3 Å². The van der Waals surface area contributed by atoms with E-state index in [0.717, 1.165) is 24.8 Å². The van der Waals surface area contributed by atoms with Crippen molar-refractivity contribution in [2.45, 2.75) is 64.2 Å². The van der Waals surface area contributed by atoms with E-state index in [1.54, 1.807) is 12.1 Å². The Balaban J connectivity index is 1.42. The molecule has 2 aliphatic rings. The summed E-state index contributed by atoms with van der Waals surface area (Å²) >= 11 is 0. The Bertz CT molecular complexity index is 897. The third kappa shape index (κ3) is 7.02. The van der Waals surface area contributed by atoms with E-state index in [9.17, 15) is 22.4 Å². The van der Waals surface area contributed by atoms with Crippen molar-refractivity contribution in [1.29, 1.82) is 0 Å². The molecule has 1 N–H and O–H groups in total. The molecule has 1 saturated heterocycles. The van der Waals surface area contributed by atoms with Gasteiger partial charge in [-0.2, -0.15) is 0 Å². The van der Waals surface area contributed by atoms with Crippen molar-refractivity contribution in [2.24, 2.45) is 11.8 Å². The first kappa shape index (κ1) is 23.7. The molecule has 1 unspecified atom stereocenters. The smallest absolute Gasteiger partial charge is 0.230 e. The molecule has 31 heavy (non-hydrogen) atoms. The Morgan fingerprint density at radius 1 is 1.19 bits per heavy atom. The standard InChI is InChI=1S/C23H32FNO5S/c1-16(18-9-10-20(24)21(12-18)30-14-17-6-5-7-17)15-31(28,29)11-4-2-3-8-19-13-22(26)25-23(19)27/h9-10,12,16-17,19H,2-8,11,13-15H2,1H3,(H,25,26,27)/t16-,19?/m0/s1. The van der Waals surface area contributed by atoms with Crippen LogP contribution in [0, 0.1) is 17.7 Å². The molecule has 6 nitrogen and oxygen atoms in total. The van der Waals surface area contributed by atoms with Crippen molar-refractivity contribution in [1.82, 2.24) is 5.32 Å². The number of nitrogens with one attached hydrogen (secondary N) is 1. The van der Waals surface area contributed by atoms with E-state index in [4.69, 9.17) is 4.74 Å². The highest BCUT2D eigenvalue weighted by Gasteiger charge is 2.29. The number of carbonyl (C=O) groups is 2. The molecular formula is C23H32FNO5S. The minimum Gasteiger partial charge on any atom is -0.490 e. The molecule has 3 rings (SSSR count). The molecule has 1 aromatic carbocycles. The maximum absolute atomic E-state index is 14.1. The van der Waals surface area contributed by atoms with Crippen molar-refractivity contribution in [3.63, 3.8) is 0 Å². The van der Waals surface area contributed by atoms with Crippen molar-refractivity contribution in [3.8, 4) is 5.75 Å². The molecule has 1 heterocycles. The molecule has 1 saturated carbocycles. The number of sulfone groups is 1. The molecule has 1 aliphatic heterocycles. The zero-order chi connectivity index (χ0) is 22.4. The van der Waals surface area contributed by atoms with Crippen LogP contribution in [-0.2, 0) is 19.4 Å². The highest BCUT2D eigenvalue weighted by Crippen LogP contribution is 2.30. The molecule has 172 valence electrons. The van der Waals surface area contributed by atoms with Gasteiger partial charge in [-0.25, -0.2) is 12.8 Å². The number of imide groups is 1. The predicted octanol–water partition coefficient (Wildman–Crippen LogP) is 3.75. The molecule has 2 amide bonds. The molecule has 2 atom stereocenters. The number of hydrogen-bond donors (Lipinski definition) is 1. The summed E-state index contributed by atoms with van der Waals surface area (Å²) in [6.07, 6.45) is 6.20. The second-order valence-electron chi connectivity index (χ2n) is 8.98. The van der Waals surface area contributed by atoms with Crippen LogP contribution < -0.4 is 10.1 Å². The second kappa shape index (κ2) is 10.6. The molecular weight excluding hydrogens is 421 g/mol. The van der Waals surface area contributed by atoms with Crippen molar-refractivity contribution in [3.05, 3.63) is 29.6 Å². The molecule has 1 aromatic rings. The summed E-state index contributed by atoms with van der Waals surface area (Å²) in [5.41, 5.74) is 0.755. The van der Waals surface area contributed by atoms with Gasteiger partial charge in [0.05, 0.1) is 18.1 Å². The van der Waals surface area contributed by atoms with E-state index in [0.29, 0.717) is 31.8 Å². The predicted molar refractivity (Wildman–Crippen MR) is 116 cm³/mol. The fourth-order valence-electron chi connectivity index (χ4n) is 4.09. The molecule has 0 spiro atoms. The topological polar surface area (TPSA) is 89.5 Å². The Labute approximate surface area is 183 Å². The van der Waals surface area contributed by atoms with E-state index in [1.807, 2.05) is 6.92 Å². The SMILES string of the molecule is C[C@@H](CS(=O)(=O)CCCCCC1CC(=O)NC1=O)c1ccc(F)c(OCC2CCC2)c1. The summed E-state index contributed by atoms with van der Waals surface area (Å²) < 4.78 is 44.7. The van der Waals surface area contributed by atoms with E-state index < -0.39 is 15.7 Å². The van der Waals surface area contributed by atoms with E-state index in [2.05, 4.69) is 5.32 Å². The van der Waals surface area contributed by atoms with Crippen LogP contribution in [0.15, 0.2) is 18.2 Å². The summed E-state index contributed by atoms with van der Waals surface area (Å²) in [6, 6.07) is 4.60. The number of unbranched alkanes of at least 4 members (excludes halogenated alkanes) is 2. The highest BCUT2D eigenvalue weighted by molar-refractivity contribution is 7.91. The third-order valence-electron chi connectivity index (χ3n) is 6.30. The van der Waals surface area contributed by atoms with Gasteiger partial charge in [0.25, 0.3) is 0 Å². The Morgan fingerprint density at radius 2 is 1.97 bits per heavy atom. The summed E-state index contributed by atoms with van der Waals surface area (Å²) in [7, 11) is -3.26. The summed E-state index contributed by atoms with van der Waals surface area (Å²) in [4.78, 5) is 22.7. The Kier molecular flexibility index (Phi) is 8.08. The van der Waals surface area contributed by atoms with Crippen LogP contribution in [0.2, 0.25) is 0 Å². The molecule has 1 aliphatic carbocycles. The third-order valence-corrected chi connectivity index (χ3v) is 8.22. The first-order valence-electron chi connectivity index (χ1n) is 11.2. The number of halogens is 1. The van der Waals surface area contributed by atoms with Crippen LogP contribution >= 0.6 is 0 Å². The minimum atomic E-state index is -3.26. The highest BCUT2D eigenvalue weighted by atomic mass is 32.2. The van der Waals surface area contributed by atoms with Crippen LogP contribution in [0.4, 0.5) is 4.39 Å². The maximum Gasteiger partial charge on any atom is 0.230 e. The average Bonchev–Trinajstić information content (AvgIpc) is 2.98. The van der Waals surface area contributed by atoms with Gasteiger partial charge in [-0.3, -0.25) is 14.9 Å². The lowest BCUT2D eigenvalue weighted by molar-refractivity contribution is -0.125. The van der Waals surface area contributed by atoms with Crippen molar-refractivity contribution < 1.29 is 27.1 Å². The fourth-order valence-corrected chi connectivity index (χ4v) is 5.86. The van der Waals surface area contributed by atoms with Gasteiger partial charge in [0.2, 0.25) is 11.8 Å². The Hall–Kier alpha value is -1.96. The normalized spacial score (nSPS) is 20.4. The van der Waals surface area contributed by atoms with Crippen molar-refractivity contribution in [2.75, 3.05) is 18.1 Å². The van der Waals surface area contributed by atoms with Crippen LogP contribution in [0.25, 0.3) is 0 Å². The lowest BCUT2D eigenvalue weighted by Crippen LogP contribution is -2.22. The van der Waals surface area contributed by atoms with Gasteiger partial charge in [-0.15, -0.1) is 0 Å². The quantitative estimate of drug-likeness (QED) is 0.385. The van der Waals surface area contributed by atoms with Gasteiger partial charge in [0.15, 0.2) is 21.4 Å². The molecule has 2 fully saturated rings. The zero-order valence-electron chi connectivity index (χ0n) is 18.1. The van der Waals surface area contributed by atoms with Gasteiger partial charge < -0.3 is 4.74 Å². The van der Waals surface area contributed by atoms with Gasteiger partial charge in [-0.1, -0.05) is 32.3 Å². The number of amides is 2. The summed E-state index contributed by atoms with van der Waals surface area (Å²) in [5.74, 6) is -0.637. The largest absolute Gasteiger partial charge is 0.490 e. The number of carbonyl (C=O) groups excluding carboxylic acids is 2. The van der Waals surface area contributed by atoms with Crippen LogP contribution in [0.1, 0.15) is 69.8 Å². The molecule has 0 bridgehead atoms. The van der Waals surface area contributed by atoms with Gasteiger partial charge in [-0.05, 0) is 55.2 Å². The van der Waals surface area contributed by atoms with E-state index in [1.165, 1.54) is 12.5 Å². The second-order valence-corrected chi connectivity index (χ2v) is 11.2. The monoisotopic (exact) mass is 453 g/mol. The molecule has 8 heteroatoms. The first-order chi connectivity index (χ1) is 14.7. The van der Waals surface area contributed by atoms with Crippen LogP contribution in [0.5, 0.6) is 5.75 Å². The summed E-state index contributed by atoms with van der Waals surface area (Å²) in [5, 5.41) is 2.29. The lowest BCUT2D eigenvalue weighted by Gasteiger charge is -2.25. The number of benzene rings is 1. The minimum absolute atomic E-state index is 0.000228. The zero-order valence-corrected chi connectivity index (χ0v) is 18.9. The average molecular weight is 454 g/mol. The van der Waals surface area contributed by atoms with E-state index >= 15 is 0 Å². The molecule has 0 aromatic heterocycles. The number of hydrogen-bond acceptors (Lipinski definition) is 5. The van der Waals surface area contributed by atoms with Gasteiger partial charge >= 0.3 is 0 Å². The fraction of sp³-hybridized carbons (Fsp3) is 0.652. The van der Waals surface area contributed by atoms with Crippen LogP contribution in [0.3, 0.4) is 0 Å². The molecule has 0 radical (unpaired) electrons. The van der Waals surface area contributed by atoms with E-state index in [-0.39, 0.29) is 47.3 Å². The van der Waals surface area contributed by atoms with Gasteiger partial charge in [0.1, 0.15) is 0 Å².